The first kappa shape index (κ1) is 19.6. The van der Waals surface area contributed by atoms with Gasteiger partial charge in [0.25, 0.3) is 0 Å². The predicted molar refractivity (Wildman–Crippen MR) is 104 cm³/mol. The number of piperazine rings is 2. The first-order valence-corrected chi connectivity index (χ1v) is 9.77. The molecule has 0 atom stereocenters. The third-order valence-corrected chi connectivity index (χ3v) is 5.32. The molecule has 0 saturated carbocycles. The summed E-state index contributed by atoms with van der Waals surface area (Å²) in [4.78, 5) is 32.2. The molecule has 7 heteroatoms. The molecular formula is C20H30N4O3. The second kappa shape index (κ2) is 9.71. The number of carbonyl (C=O) groups excluding carboxylic acids is 2. The maximum atomic E-state index is 12.5. The van der Waals surface area contributed by atoms with Gasteiger partial charge in [0, 0.05) is 65.8 Å². The van der Waals surface area contributed by atoms with E-state index >= 15 is 0 Å². The third-order valence-electron chi connectivity index (χ3n) is 5.32. The SMILES string of the molecule is CC(=O)N1CCN(C(=O)CN2CCN(CCOc3ccccc3)CC2)CC1. The van der Waals surface area contributed by atoms with Crippen LogP contribution in [-0.4, -0.2) is 103 Å². The molecule has 1 aromatic rings. The molecule has 2 saturated heterocycles. The van der Waals surface area contributed by atoms with E-state index in [1.807, 2.05) is 35.2 Å². The van der Waals surface area contributed by atoms with E-state index in [-0.39, 0.29) is 11.8 Å². The molecule has 7 nitrogen and oxygen atoms in total. The zero-order valence-electron chi connectivity index (χ0n) is 16.2. The fraction of sp³-hybridized carbons (Fsp3) is 0.600. The van der Waals surface area contributed by atoms with Crippen LogP contribution in [0.3, 0.4) is 0 Å². The molecule has 2 amide bonds. The van der Waals surface area contributed by atoms with Gasteiger partial charge in [0.05, 0.1) is 6.54 Å². The zero-order valence-corrected chi connectivity index (χ0v) is 16.2. The first-order chi connectivity index (χ1) is 13.1. The van der Waals surface area contributed by atoms with Gasteiger partial charge in [-0.1, -0.05) is 18.2 Å². The first-order valence-electron chi connectivity index (χ1n) is 9.77. The summed E-state index contributed by atoms with van der Waals surface area (Å²) in [7, 11) is 0. The van der Waals surface area contributed by atoms with Gasteiger partial charge in [-0.3, -0.25) is 19.4 Å². The van der Waals surface area contributed by atoms with Crippen molar-refractivity contribution in [3.05, 3.63) is 30.3 Å². The number of nitrogens with zero attached hydrogens (tertiary/aromatic N) is 4. The molecule has 0 N–H and O–H groups in total. The highest BCUT2D eigenvalue weighted by atomic mass is 16.5. The molecule has 2 aliphatic rings. The van der Waals surface area contributed by atoms with Gasteiger partial charge in [0.15, 0.2) is 0 Å². The summed E-state index contributed by atoms with van der Waals surface area (Å²) in [5.41, 5.74) is 0. The molecular weight excluding hydrogens is 344 g/mol. The number of carbonyl (C=O) groups is 2. The maximum absolute atomic E-state index is 12.5. The molecule has 0 unspecified atom stereocenters. The molecule has 2 aliphatic heterocycles. The van der Waals surface area contributed by atoms with E-state index in [2.05, 4.69) is 9.80 Å². The minimum Gasteiger partial charge on any atom is -0.492 e. The van der Waals surface area contributed by atoms with E-state index in [4.69, 9.17) is 4.74 Å². The van der Waals surface area contributed by atoms with Crippen LogP contribution >= 0.6 is 0 Å². The summed E-state index contributed by atoms with van der Waals surface area (Å²) >= 11 is 0. The topological polar surface area (TPSA) is 56.3 Å². The van der Waals surface area contributed by atoms with Crippen LogP contribution in [0.25, 0.3) is 0 Å². The average molecular weight is 374 g/mol. The van der Waals surface area contributed by atoms with Crippen molar-refractivity contribution in [1.29, 1.82) is 0 Å². The minimum absolute atomic E-state index is 0.0921. The zero-order chi connectivity index (χ0) is 19.1. The molecule has 27 heavy (non-hydrogen) atoms. The van der Waals surface area contributed by atoms with Crippen LogP contribution in [0.2, 0.25) is 0 Å². The molecule has 3 rings (SSSR count). The van der Waals surface area contributed by atoms with Crippen LogP contribution in [0, 0.1) is 0 Å². The normalized spacial score (nSPS) is 19.1. The van der Waals surface area contributed by atoms with Gasteiger partial charge < -0.3 is 14.5 Å². The summed E-state index contributed by atoms with van der Waals surface area (Å²) in [6.07, 6.45) is 0. The van der Waals surface area contributed by atoms with E-state index in [9.17, 15) is 9.59 Å². The predicted octanol–water partition coefficient (Wildman–Crippen LogP) is 0.374. The standard InChI is InChI=1S/C20H30N4O3/c1-18(25)23-11-13-24(14-12-23)20(26)17-22-9-7-21(8-10-22)15-16-27-19-5-3-2-4-6-19/h2-6H,7-17H2,1H3. The van der Waals surface area contributed by atoms with Gasteiger partial charge in [-0.15, -0.1) is 0 Å². The lowest BCUT2D eigenvalue weighted by atomic mass is 10.2. The van der Waals surface area contributed by atoms with Crippen molar-refractivity contribution < 1.29 is 14.3 Å². The Morgan fingerprint density at radius 3 is 2.07 bits per heavy atom. The monoisotopic (exact) mass is 374 g/mol. The van der Waals surface area contributed by atoms with Gasteiger partial charge in [0.1, 0.15) is 12.4 Å². The molecule has 0 bridgehead atoms. The summed E-state index contributed by atoms with van der Waals surface area (Å²) in [5.74, 6) is 1.18. The number of rotatable bonds is 6. The van der Waals surface area contributed by atoms with E-state index in [1.165, 1.54) is 0 Å². The smallest absolute Gasteiger partial charge is 0.236 e. The van der Waals surface area contributed by atoms with Crippen molar-refractivity contribution in [2.75, 3.05) is 72.1 Å². The number of amides is 2. The molecule has 0 radical (unpaired) electrons. The van der Waals surface area contributed by atoms with Gasteiger partial charge in [-0.05, 0) is 12.1 Å². The molecule has 2 heterocycles. The second-order valence-electron chi connectivity index (χ2n) is 7.17. The Labute approximate surface area is 161 Å². The maximum Gasteiger partial charge on any atom is 0.236 e. The van der Waals surface area contributed by atoms with Crippen molar-refractivity contribution in [2.24, 2.45) is 0 Å². The molecule has 1 aromatic carbocycles. The molecule has 2 fully saturated rings. The van der Waals surface area contributed by atoms with Crippen molar-refractivity contribution in [2.45, 2.75) is 6.92 Å². The Bertz CT molecular complexity index is 609. The van der Waals surface area contributed by atoms with E-state index in [0.29, 0.717) is 39.3 Å². The summed E-state index contributed by atoms with van der Waals surface area (Å²) in [6, 6.07) is 9.88. The third kappa shape index (κ3) is 5.94. The van der Waals surface area contributed by atoms with Crippen LogP contribution in [0.15, 0.2) is 30.3 Å². The highest BCUT2D eigenvalue weighted by Gasteiger charge is 2.25. The fourth-order valence-electron chi connectivity index (χ4n) is 3.54. The second-order valence-corrected chi connectivity index (χ2v) is 7.17. The number of benzene rings is 1. The van der Waals surface area contributed by atoms with E-state index in [1.54, 1.807) is 11.8 Å². The number of ether oxygens (including phenoxy) is 1. The summed E-state index contributed by atoms with van der Waals surface area (Å²) in [6.45, 7) is 9.99. The van der Waals surface area contributed by atoms with Crippen LogP contribution in [0.4, 0.5) is 0 Å². The van der Waals surface area contributed by atoms with E-state index in [0.717, 1.165) is 38.5 Å². The van der Waals surface area contributed by atoms with Gasteiger partial charge in [-0.2, -0.15) is 0 Å². The molecule has 0 aliphatic carbocycles. The molecule has 0 spiro atoms. The lowest BCUT2D eigenvalue weighted by molar-refractivity contribution is -0.139. The Kier molecular flexibility index (Phi) is 7.06. The van der Waals surface area contributed by atoms with Crippen LogP contribution in [-0.2, 0) is 9.59 Å². The van der Waals surface area contributed by atoms with Crippen LogP contribution in [0.5, 0.6) is 5.75 Å². The Balaban J connectivity index is 1.31. The summed E-state index contributed by atoms with van der Waals surface area (Å²) < 4.78 is 5.76. The van der Waals surface area contributed by atoms with Crippen molar-refractivity contribution in [3.8, 4) is 5.75 Å². The lowest BCUT2D eigenvalue weighted by Gasteiger charge is -2.37. The average Bonchev–Trinajstić information content (AvgIpc) is 2.70. The van der Waals surface area contributed by atoms with E-state index < -0.39 is 0 Å². The lowest BCUT2D eigenvalue weighted by Crippen LogP contribution is -2.54. The van der Waals surface area contributed by atoms with Gasteiger partial charge in [0.2, 0.25) is 11.8 Å². The largest absolute Gasteiger partial charge is 0.492 e. The summed E-state index contributed by atoms with van der Waals surface area (Å²) in [5, 5.41) is 0. The van der Waals surface area contributed by atoms with Crippen molar-refractivity contribution >= 4 is 11.8 Å². The molecule has 0 aromatic heterocycles. The number of hydrogen-bond acceptors (Lipinski definition) is 5. The van der Waals surface area contributed by atoms with Crippen molar-refractivity contribution in [3.63, 3.8) is 0 Å². The fourth-order valence-corrected chi connectivity index (χ4v) is 3.54. The highest BCUT2D eigenvalue weighted by Crippen LogP contribution is 2.09. The quantitative estimate of drug-likeness (QED) is 0.720. The number of hydrogen-bond donors (Lipinski definition) is 0. The Morgan fingerprint density at radius 1 is 0.852 bits per heavy atom. The van der Waals surface area contributed by atoms with Crippen LogP contribution < -0.4 is 4.74 Å². The Morgan fingerprint density at radius 2 is 1.44 bits per heavy atom. The van der Waals surface area contributed by atoms with Gasteiger partial charge >= 0.3 is 0 Å². The van der Waals surface area contributed by atoms with Crippen LogP contribution in [0.1, 0.15) is 6.92 Å². The van der Waals surface area contributed by atoms with Crippen molar-refractivity contribution in [1.82, 2.24) is 19.6 Å². The Hall–Kier alpha value is -2.12. The van der Waals surface area contributed by atoms with Gasteiger partial charge in [-0.25, -0.2) is 0 Å². The molecule has 148 valence electrons. The number of para-hydroxylation sites is 1. The highest BCUT2D eigenvalue weighted by molar-refractivity contribution is 5.79. The minimum atomic E-state index is 0.0921.